The van der Waals surface area contributed by atoms with Crippen LogP contribution in [0.2, 0.25) is 5.02 Å². The Bertz CT molecular complexity index is 318. The molecule has 0 bridgehead atoms. The molecule has 0 fully saturated rings. The van der Waals surface area contributed by atoms with Crippen molar-refractivity contribution in [3.05, 3.63) is 46.6 Å². The topological polar surface area (TPSA) is 12.0 Å². The standard InChI is InChI=1S/C11H14ClN.C2H6/c1-8(2)13-7-10-4-5-11(12)9(3)6-10;1-2/h4-6,13H,1,7H2,2-3H3;1-2H3. The molecule has 0 amide bonds. The van der Waals surface area contributed by atoms with Crippen LogP contribution >= 0.6 is 11.6 Å². The third-order valence-electron chi connectivity index (χ3n) is 1.82. The number of benzene rings is 1. The first-order chi connectivity index (χ1) is 7.09. The summed E-state index contributed by atoms with van der Waals surface area (Å²) in [4.78, 5) is 0. The Morgan fingerprint density at radius 1 is 1.40 bits per heavy atom. The number of hydrogen-bond donors (Lipinski definition) is 1. The fourth-order valence-electron chi connectivity index (χ4n) is 1.07. The van der Waals surface area contributed by atoms with E-state index in [0.29, 0.717) is 0 Å². The van der Waals surface area contributed by atoms with Crippen molar-refractivity contribution in [3.8, 4) is 0 Å². The SMILES string of the molecule is C=C(C)NCc1ccc(Cl)c(C)c1.CC. The van der Waals surface area contributed by atoms with Gasteiger partial charge in [-0.15, -0.1) is 0 Å². The third-order valence-corrected chi connectivity index (χ3v) is 2.24. The van der Waals surface area contributed by atoms with Gasteiger partial charge in [0, 0.05) is 17.3 Å². The molecule has 0 aromatic heterocycles. The van der Waals surface area contributed by atoms with Crippen LogP contribution in [0.5, 0.6) is 0 Å². The van der Waals surface area contributed by atoms with Crippen molar-refractivity contribution in [1.82, 2.24) is 5.32 Å². The molecule has 1 aromatic rings. The van der Waals surface area contributed by atoms with E-state index in [4.69, 9.17) is 11.6 Å². The number of hydrogen-bond acceptors (Lipinski definition) is 1. The van der Waals surface area contributed by atoms with E-state index in [9.17, 15) is 0 Å². The van der Waals surface area contributed by atoms with E-state index in [-0.39, 0.29) is 0 Å². The third kappa shape index (κ3) is 5.48. The lowest BCUT2D eigenvalue weighted by Crippen LogP contribution is -2.09. The largest absolute Gasteiger partial charge is 0.385 e. The van der Waals surface area contributed by atoms with Crippen molar-refractivity contribution in [2.75, 3.05) is 0 Å². The molecule has 1 rings (SSSR count). The lowest BCUT2D eigenvalue weighted by Gasteiger charge is -2.06. The lowest BCUT2D eigenvalue weighted by atomic mass is 10.1. The van der Waals surface area contributed by atoms with E-state index in [1.807, 2.05) is 39.8 Å². The molecule has 0 radical (unpaired) electrons. The highest BCUT2D eigenvalue weighted by molar-refractivity contribution is 6.31. The van der Waals surface area contributed by atoms with E-state index >= 15 is 0 Å². The smallest absolute Gasteiger partial charge is 0.0435 e. The first-order valence-corrected chi connectivity index (χ1v) is 5.62. The zero-order chi connectivity index (χ0) is 11.8. The van der Waals surface area contributed by atoms with Crippen LogP contribution in [0.3, 0.4) is 0 Å². The molecule has 1 aromatic carbocycles. The summed E-state index contributed by atoms with van der Waals surface area (Å²) in [6, 6.07) is 6.02. The molecule has 0 heterocycles. The van der Waals surface area contributed by atoms with Gasteiger partial charge in [-0.1, -0.05) is 44.2 Å². The molecule has 0 atom stereocenters. The van der Waals surface area contributed by atoms with E-state index in [0.717, 1.165) is 22.8 Å². The van der Waals surface area contributed by atoms with E-state index in [1.54, 1.807) is 0 Å². The quantitative estimate of drug-likeness (QED) is 0.809. The van der Waals surface area contributed by atoms with Gasteiger partial charge in [-0.05, 0) is 31.0 Å². The molecule has 0 spiro atoms. The van der Waals surface area contributed by atoms with Crippen molar-refractivity contribution >= 4 is 11.6 Å². The molecule has 15 heavy (non-hydrogen) atoms. The van der Waals surface area contributed by atoms with Gasteiger partial charge in [0.1, 0.15) is 0 Å². The fourth-order valence-corrected chi connectivity index (χ4v) is 1.19. The maximum absolute atomic E-state index is 5.91. The van der Waals surface area contributed by atoms with Crippen molar-refractivity contribution in [2.24, 2.45) is 0 Å². The van der Waals surface area contributed by atoms with Gasteiger partial charge in [0.25, 0.3) is 0 Å². The summed E-state index contributed by atoms with van der Waals surface area (Å²) in [5, 5.41) is 3.99. The van der Waals surface area contributed by atoms with Crippen LogP contribution in [0.15, 0.2) is 30.5 Å². The molecule has 0 aliphatic rings. The minimum Gasteiger partial charge on any atom is -0.385 e. The summed E-state index contributed by atoms with van der Waals surface area (Å²) in [6.45, 7) is 12.5. The molecule has 0 unspecified atom stereocenters. The predicted molar refractivity (Wildman–Crippen MR) is 69.2 cm³/mol. The molecule has 84 valence electrons. The molecular weight excluding hydrogens is 206 g/mol. The summed E-state index contributed by atoms with van der Waals surface area (Å²) in [6.07, 6.45) is 0. The maximum atomic E-state index is 5.91. The molecule has 1 N–H and O–H groups in total. The first-order valence-electron chi connectivity index (χ1n) is 5.24. The van der Waals surface area contributed by atoms with Crippen molar-refractivity contribution in [3.63, 3.8) is 0 Å². The first kappa shape index (κ1) is 14.1. The number of rotatable bonds is 3. The highest BCUT2D eigenvalue weighted by atomic mass is 35.5. The predicted octanol–water partition coefficient (Wildman–Crippen LogP) is 4.30. The second-order valence-corrected chi connectivity index (χ2v) is 3.62. The Balaban J connectivity index is 0.000000921. The minimum atomic E-state index is 0.813. The van der Waals surface area contributed by atoms with E-state index < -0.39 is 0 Å². The van der Waals surface area contributed by atoms with Crippen molar-refractivity contribution in [2.45, 2.75) is 34.2 Å². The summed E-state index contributed by atoms with van der Waals surface area (Å²) in [5.74, 6) is 0. The van der Waals surface area contributed by atoms with Gasteiger partial charge < -0.3 is 5.32 Å². The van der Waals surface area contributed by atoms with Crippen LogP contribution in [0, 0.1) is 6.92 Å². The van der Waals surface area contributed by atoms with Gasteiger partial charge in [0.15, 0.2) is 0 Å². The van der Waals surface area contributed by atoms with Gasteiger partial charge in [-0.25, -0.2) is 0 Å². The summed E-state index contributed by atoms with van der Waals surface area (Å²) in [7, 11) is 0. The Morgan fingerprint density at radius 2 is 2.00 bits per heavy atom. The average Bonchev–Trinajstić information content (AvgIpc) is 2.23. The highest BCUT2D eigenvalue weighted by Crippen LogP contribution is 2.16. The highest BCUT2D eigenvalue weighted by Gasteiger charge is 1.96. The number of aryl methyl sites for hydroxylation is 1. The molecule has 0 saturated carbocycles. The summed E-state index contributed by atoms with van der Waals surface area (Å²) < 4.78 is 0. The average molecular weight is 226 g/mol. The van der Waals surface area contributed by atoms with Gasteiger partial charge in [-0.3, -0.25) is 0 Å². The van der Waals surface area contributed by atoms with E-state index in [2.05, 4.69) is 18.0 Å². The second kappa shape index (κ2) is 7.36. The van der Waals surface area contributed by atoms with E-state index in [1.165, 1.54) is 5.56 Å². The van der Waals surface area contributed by atoms with Crippen molar-refractivity contribution < 1.29 is 0 Å². The van der Waals surface area contributed by atoms with Gasteiger partial charge >= 0.3 is 0 Å². The molecule has 1 nitrogen and oxygen atoms in total. The van der Waals surface area contributed by atoms with Crippen LogP contribution in [-0.2, 0) is 6.54 Å². The Hall–Kier alpha value is -0.950. The maximum Gasteiger partial charge on any atom is 0.0435 e. The second-order valence-electron chi connectivity index (χ2n) is 3.22. The molecule has 0 aliphatic heterocycles. The summed E-state index contributed by atoms with van der Waals surface area (Å²) >= 11 is 5.91. The van der Waals surface area contributed by atoms with Gasteiger partial charge in [-0.2, -0.15) is 0 Å². The Morgan fingerprint density at radius 3 is 2.47 bits per heavy atom. The lowest BCUT2D eigenvalue weighted by molar-refractivity contribution is 0.815. The number of allylic oxidation sites excluding steroid dienone is 1. The molecule has 0 saturated heterocycles. The van der Waals surface area contributed by atoms with Crippen LogP contribution in [0.1, 0.15) is 31.9 Å². The van der Waals surface area contributed by atoms with Gasteiger partial charge in [0.05, 0.1) is 0 Å². The van der Waals surface area contributed by atoms with Crippen LogP contribution < -0.4 is 5.32 Å². The number of nitrogens with one attached hydrogen (secondary N) is 1. The van der Waals surface area contributed by atoms with Gasteiger partial charge in [0.2, 0.25) is 0 Å². The zero-order valence-electron chi connectivity index (χ0n) is 10.0. The Kier molecular flexibility index (Phi) is 6.89. The molecule has 2 heteroatoms. The fraction of sp³-hybridized carbons (Fsp3) is 0.385. The normalized spacial score (nSPS) is 8.87. The van der Waals surface area contributed by atoms with Crippen molar-refractivity contribution in [1.29, 1.82) is 0 Å². The van der Waals surface area contributed by atoms with Crippen LogP contribution in [0.4, 0.5) is 0 Å². The van der Waals surface area contributed by atoms with Crippen LogP contribution in [0.25, 0.3) is 0 Å². The Labute approximate surface area is 98.2 Å². The monoisotopic (exact) mass is 225 g/mol. The summed E-state index contributed by atoms with van der Waals surface area (Å²) in [5.41, 5.74) is 3.32. The molecular formula is C13H20ClN. The minimum absolute atomic E-state index is 0.813. The zero-order valence-corrected chi connectivity index (χ0v) is 10.8. The molecule has 0 aliphatic carbocycles. The number of halogens is 1. The van der Waals surface area contributed by atoms with Crippen LogP contribution in [-0.4, -0.2) is 0 Å².